The van der Waals surface area contributed by atoms with Crippen molar-refractivity contribution in [2.24, 2.45) is 0 Å². The van der Waals surface area contributed by atoms with Crippen molar-refractivity contribution < 1.29 is 89.5 Å². The average molecular weight is 2350 g/mol. The van der Waals surface area contributed by atoms with E-state index in [-0.39, 0.29) is 89.5 Å². The van der Waals surface area contributed by atoms with Crippen molar-refractivity contribution >= 4 is 132 Å². The van der Waals surface area contributed by atoms with Gasteiger partial charge < -0.3 is 25.7 Å². The Morgan fingerprint density at radius 2 is 0.314 bits per heavy atom. The van der Waals surface area contributed by atoms with Crippen molar-refractivity contribution in [3.05, 3.63) is 485 Å². The molecule has 118 heavy (non-hydrogen) atoms. The van der Waals surface area contributed by atoms with Crippen LogP contribution in [0.1, 0.15) is 22.3 Å². The molecule has 2 aliphatic rings. The molecule has 0 aliphatic carbocycles. The molecule has 16 aromatic carbocycles. The van der Waals surface area contributed by atoms with Crippen molar-refractivity contribution in [1.82, 2.24) is 0 Å². The Kier molecular flexibility index (Phi) is 33.6. The van der Waals surface area contributed by atoms with Gasteiger partial charge in [-0.1, -0.05) is 312 Å². The van der Waals surface area contributed by atoms with Crippen LogP contribution >= 0.6 is 31.7 Å². The minimum absolute atomic E-state index is 0. The Balaban J connectivity index is 0.000000153. The van der Waals surface area contributed by atoms with E-state index in [9.17, 15) is 0 Å². The maximum absolute atomic E-state index is 7.70. The number of rotatable bonds is 18. The summed E-state index contributed by atoms with van der Waals surface area (Å²) in [4.78, 5) is 0. The third-order valence-corrected chi connectivity index (χ3v) is 43.8. The first-order valence-electron chi connectivity index (χ1n) is 38.8. The Hall–Kier alpha value is -9.13. The predicted molar refractivity (Wildman–Crippen MR) is 504 cm³/mol. The van der Waals surface area contributed by atoms with E-state index in [2.05, 4.69) is 436 Å². The quantitative estimate of drug-likeness (QED) is 0.0348. The van der Waals surface area contributed by atoms with Crippen LogP contribution in [-0.2, 0) is 89.5 Å². The molecular weight excluding hydrogens is 2270 g/mol. The average Bonchev–Trinajstić information content (AvgIpc) is 1.54. The van der Waals surface area contributed by atoms with Crippen LogP contribution in [0.5, 0.6) is 0 Å². The van der Waals surface area contributed by atoms with Gasteiger partial charge in [0.1, 0.15) is 24.6 Å². The molecule has 10 heteroatoms. The van der Waals surface area contributed by atoms with E-state index in [0.29, 0.717) is 0 Å². The van der Waals surface area contributed by atoms with Gasteiger partial charge in [0.2, 0.25) is 0 Å². The van der Waals surface area contributed by atoms with Gasteiger partial charge in [-0.05, 0) is 140 Å². The molecule has 16 aromatic rings. The summed E-state index contributed by atoms with van der Waals surface area (Å²) < 4.78 is 0. The topological polar surface area (TPSA) is 0 Å². The second-order valence-electron chi connectivity index (χ2n) is 28.3. The third kappa shape index (κ3) is 20.0. The van der Waals surface area contributed by atoms with Gasteiger partial charge in [0.25, 0.3) is 0 Å². The van der Waals surface area contributed by atoms with Crippen LogP contribution in [0.3, 0.4) is 0 Å². The number of benzene rings is 16. The Morgan fingerprint density at radius 3 is 0.449 bits per heavy atom. The van der Waals surface area contributed by atoms with Gasteiger partial charge in [0, 0.05) is 0 Å². The van der Waals surface area contributed by atoms with Gasteiger partial charge in [-0.3, -0.25) is 23.7 Å². The van der Waals surface area contributed by atoms with Gasteiger partial charge in [-0.15, -0.1) is 70.8 Å². The summed E-state index contributed by atoms with van der Waals surface area (Å²) in [6.45, 7) is 0. The summed E-state index contributed by atoms with van der Waals surface area (Å²) in [6, 6.07) is 157. The van der Waals surface area contributed by atoms with Crippen LogP contribution < -0.4 is 83.9 Å². The van der Waals surface area contributed by atoms with Crippen molar-refractivity contribution in [2.75, 3.05) is 24.6 Å². The van der Waals surface area contributed by atoms with Crippen LogP contribution in [-0.4, -0.2) is 40.8 Å². The molecule has 0 spiro atoms. The van der Waals surface area contributed by atoms with Crippen molar-refractivity contribution in [3.63, 3.8) is 0 Å². The summed E-state index contributed by atoms with van der Waals surface area (Å²) in [5.74, 6) is 10.3. The van der Waals surface area contributed by atoms with Crippen molar-refractivity contribution in [3.8, 4) is 45.9 Å². The zero-order chi connectivity index (χ0) is 77.7. The molecule has 0 N–H and O–H groups in total. The molecule has 18 rings (SSSR count). The molecule has 2 heterocycles. The van der Waals surface area contributed by atoms with Crippen molar-refractivity contribution in [2.45, 2.75) is 0 Å². The van der Waals surface area contributed by atoms with Gasteiger partial charge in [0.15, 0.2) is 16.1 Å². The smallest absolute Gasteiger partial charge is 0.366 e. The van der Waals surface area contributed by atoms with Crippen LogP contribution in [0.4, 0.5) is 0 Å². The molecule has 0 saturated carbocycles. The standard InChI is InChI=1S/2C28H16Si.2C26H24P2.4Au/c2*1-3-21-15-17-25-26-18-16-22(4-2)20-28(26)29(27(25)19-21,23-11-7-5-8-12-23)24-13-9-6-10-14-24;2*1-5-13-23(14-6-1)27(24-15-7-2-8-16-24)21-22-28(25-17-9-3-10-18-25)26-19-11-4-12-20-26;;;;/h2*5-20H;2*1-20H,21-22H2;;;;/q2*-2;;;4*+1/p+4. The summed E-state index contributed by atoms with van der Waals surface area (Å²) in [5.41, 5.74) is 8.03. The van der Waals surface area contributed by atoms with Crippen LogP contribution in [0.25, 0.3) is 22.3 Å². The van der Waals surface area contributed by atoms with Gasteiger partial charge in [0.05, 0.1) is 74.1 Å². The first kappa shape index (κ1) is 89.7. The van der Waals surface area contributed by atoms with Crippen LogP contribution in [0.2, 0.25) is 0 Å². The minimum Gasteiger partial charge on any atom is -0.366 e. The van der Waals surface area contributed by atoms with Crippen LogP contribution in [0.15, 0.2) is 437 Å². The van der Waals surface area contributed by atoms with E-state index in [1.54, 1.807) is 0 Å². The van der Waals surface area contributed by atoms with E-state index >= 15 is 0 Å². The van der Waals surface area contributed by atoms with E-state index in [1.165, 1.54) is 131 Å². The monoisotopic (exact) mass is 2350 g/mol. The molecular formula is C108H84Au4P4Si2+4. The fourth-order valence-electron chi connectivity index (χ4n) is 16.7. The second-order valence-corrected chi connectivity index (χ2v) is 46.3. The molecule has 0 saturated heterocycles. The molecule has 0 bridgehead atoms. The van der Waals surface area contributed by atoms with E-state index in [0.717, 1.165) is 22.3 Å². The zero-order valence-corrected chi connectivity index (χ0v) is 79.3. The van der Waals surface area contributed by atoms with E-state index in [4.69, 9.17) is 25.7 Å². The first-order valence-corrected chi connectivity index (χ1v) is 49.6. The summed E-state index contributed by atoms with van der Waals surface area (Å²) in [6.07, 6.45) is 35.8. The number of fused-ring (bicyclic) bond motifs is 6. The Bertz CT molecular complexity index is 5130. The minimum atomic E-state index is -2.57. The molecule has 0 aromatic heterocycles. The summed E-state index contributed by atoms with van der Waals surface area (Å²) in [7, 11) is -8.27. The Morgan fingerprint density at radius 1 is 0.178 bits per heavy atom. The number of hydrogen-bond donors (Lipinski definition) is 0. The van der Waals surface area contributed by atoms with Gasteiger partial charge in [-0.25, -0.2) is 0 Å². The largest absolute Gasteiger partial charge is 1.00 e. The van der Waals surface area contributed by atoms with Crippen molar-refractivity contribution in [1.29, 1.82) is 0 Å². The summed E-state index contributed by atoms with van der Waals surface area (Å²) >= 11 is 0. The van der Waals surface area contributed by atoms with Gasteiger partial charge in [-0.2, -0.15) is 0 Å². The summed E-state index contributed by atoms with van der Waals surface area (Å²) in [5, 5.41) is 22.5. The first-order chi connectivity index (χ1) is 56.4. The molecule has 584 valence electrons. The second kappa shape index (κ2) is 44.2. The zero-order valence-electron chi connectivity index (χ0n) is 64.6. The molecule has 0 nitrogen and oxygen atoms in total. The maximum Gasteiger partial charge on any atom is 1.00 e. The maximum atomic E-state index is 7.70. The fourth-order valence-corrected chi connectivity index (χ4v) is 39.6. The normalized spacial score (nSPS) is 11.7. The molecule has 0 radical (unpaired) electrons. The predicted octanol–water partition coefficient (Wildman–Crippen LogP) is 15.3. The van der Waals surface area contributed by atoms with E-state index < -0.39 is 47.8 Å². The Labute approximate surface area is 768 Å². The van der Waals surface area contributed by atoms with Crippen LogP contribution in [0, 0.1) is 49.4 Å². The third-order valence-electron chi connectivity index (χ3n) is 21.9. The molecule has 0 fully saturated rings. The molecule has 0 amide bonds. The SMILES string of the molecule is [Au+].[Au+].[Au+].[Au+].[C-]#Cc1ccc2c(c1)[Si](c1ccccc1)(c1ccccc1)c1cc(C#[C-])ccc1-2.[C-]#Cc1ccc2c(c1)[Si](c1ccccc1)(c1ccccc1)c1cc(C#[C-])ccc1-2.c1ccc([PH+](CC[PH+](c2ccccc2)c2ccccc2)c2ccccc2)cc1.c1ccc([PH+](CC[PH+](c2ccccc2)c2ccccc2)c2ccccc2)cc1. The van der Waals surface area contributed by atoms with Gasteiger partial charge >= 0.3 is 89.5 Å². The number of hydrogen-bond acceptors (Lipinski definition) is 0. The molecule has 0 atom stereocenters. The van der Waals surface area contributed by atoms with E-state index in [1.807, 2.05) is 24.3 Å². The molecule has 0 unspecified atom stereocenters. The molecule has 2 aliphatic heterocycles. The fraction of sp³-hybridized carbons (Fsp3) is 0.0370.